The Labute approximate surface area is 56.8 Å². The molecule has 0 aromatic carbocycles. The molecule has 0 saturated heterocycles. The molecule has 0 amide bonds. The van der Waals surface area contributed by atoms with Gasteiger partial charge in [-0.25, -0.2) is 0 Å². The minimum Gasteiger partial charge on any atom is -0.780 e. The molecule has 0 fully saturated rings. The fourth-order valence-corrected chi connectivity index (χ4v) is 0. The number of rotatable bonds is 0. The van der Waals surface area contributed by atoms with Crippen molar-refractivity contribution in [1.29, 1.82) is 0 Å². The molecule has 0 aliphatic carbocycles. The predicted molar refractivity (Wildman–Crippen MR) is 24.7 cm³/mol. The topological polar surface area (TPSA) is 126 Å². The summed E-state index contributed by atoms with van der Waals surface area (Å²) < 4.78 is 35.2. The van der Waals surface area contributed by atoms with Crippen LogP contribution in [0, 0.1) is 0 Å². The van der Waals surface area contributed by atoms with E-state index >= 15 is 0 Å². The van der Waals surface area contributed by atoms with Crippen LogP contribution in [0.1, 0.15) is 0 Å². The summed E-state index contributed by atoms with van der Waals surface area (Å²) in [5, 5.41) is 0. The highest BCUT2D eigenvalue weighted by Crippen LogP contribution is 1.79. The average Bonchev–Trinajstić information content (AvgIpc) is 1.19. The van der Waals surface area contributed by atoms with Gasteiger partial charge in [-0.3, -0.25) is 4.21 Å². The molecule has 0 saturated carbocycles. The first-order valence-electron chi connectivity index (χ1n) is 1.21. The second kappa shape index (κ2) is 5.12. The van der Waals surface area contributed by atoms with E-state index in [0.29, 0.717) is 0 Å². The Morgan fingerprint density at radius 1 is 1.33 bits per heavy atom. The van der Waals surface area contributed by atoms with Crippen LogP contribution in [0.4, 0.5) is 0 Å². The fraction of sp³-hybridized carbons (Fsp3) is 0. The van der Waals surface area contributed by atoms with Crippen LogP contribution < -0.4 is 9.79 Å². The molecule has 6 nitrogen and oxygen atoms in total. The molecular formula is O6PS2-3. The Morgan fingerprint density at radius 3 is 1.33 bits per heavy atom. The van der Waals surface area contributed by atoms with E-state index < -0.39 is 17.3 Å². The van der Waals surface area contributed by atoms with Crippen LogP contribution in [0.2, 0.25) is 0 Å². The Balaban J connectivity index is 0. The lowest BCUT2D eigenvalue weighted by Crippen LogP contribution is -1.97. The van der Waals surface area contributed by atoms with Gasteiger partial charge in [0.15, 0.2) is 0 Å². The van der Waals surface area contributed by atoms with Crippen LogP contribution in [0.3, 0.4) is 0 Å². The standard InChI is InChI=1S/HO3P.H2O3S2/c1-4(2)3;1-5(2,3)4/h(H,1,2,3);(H2,1,2,3,4)/p-3. The van der Waals surface area contributed by atoms with Crippen LogP contribution >= 0.6 is 8.25 Å². The van der Waals surface area contributed by atoms with E-state index in [-0.39, 0.29) is 0 Å². The molecule has 0 aliphatic rings. The normalized spacial score (nSPS) is 9.33. The lowest BCUT2D eigenvalue weighted by Gasteiger charge is -2.12. The molecule has 0 atom stereocenters. The highest BCUT2D eigenvalue weighted by molar-refractivity contribution is 8.26. The van der Waals surface area contributed by atoms with E-state index in [9.17, 15) is 0 Å². The van der Waals surface area contributed by atoms with Crippen LogP contribution in [-0.2, 0) is 24.8 Å². The zero-order chi connectivity index (χ0) is 8.08. The lowest BCUT2D eigenvalue weighted by molar-refractivity contribution is -0.297. The Hall–Kier alpha value is 0.310. The third kappa shape index (κ3) is 3440. The molecule has 0 radical (unpaired) electrons. The molecule has 56 valence electrons. The van der Waals surface area contributed by atoms with Gasteiger partial charge < -0.3 is 18.9 Å². The van der Waals surface area contributed by atoms with Crippen molar-refractivity contribution in [2.45, 2.75) is 0 Å². The van der Waals surface area contributed by atoms with Gasteiger partial charge in [-0.2, -0.15) is 0 Å². The molecule has 0 N–H and O–H groups in total. The van der Waals surface area contributed by atoms with Crippen molar-refractivity contribution in [3.05, 3.63) is 0 Å². The third-order valence-electron chi connectivity index (χ3n) is 0. The molecule has 0 unspecified atom stereocenters. The quantitative estimate of drug-likeness (QED) is 0.383. The van der Waals surface area contributed by atoms with Gasteiger partial charge in [0.2, 0.25) is 0 Å². The minimum atomic E-state index is -4.33. The molecular weight excluding hydrogens is 191 g/mol. The van der Waals surface area contributed by atoms with Gasteiger partial charge in [0.25, 0.3) is 8.25 Å². The van der Waals surface area contributed by atoms with Crippen molar-refractivity contribution in [2.24, 2.45) is 0 Å². The van der Waals surface area contributed by atoms with Gasteiger partial charge in [0, 0.05) is 0 Å². The van der Waals surface area contributed by atoms with Gasteiger partial charge in [-0.05, 0) is 11.2 Å². The van der Waals surface area contributed by atoms with Gasteiger partial charge in [0.05, 0.1) is 0 Å². The van der Waals surface area contributed by atoms with Crippen LogP contribution in [-0.4, -0.2) is 13.3 Å². The Kier molecular flexibility index (Phi) is 6.85. The smallest absolute Gasteiger partial charge is 0.276 e. The Morgan fingerprint density at radius 2 is 1.33 bits per heavy atom. The SMILES string of the molecule is O=S([O-])([O-])=S.O=[P+]([O-])[O-]. The molecule has 0 aliphatic heterocycles. The summed E-state index contributed by atoms with van der Waals surface area (Å²) in [6.07, 6.45) is 0. The van der Waals surface area contributed by atoms with E-state index in [0.717, 1.165) is 0 Å². The van der Waals surface area contributed by atoms with Crippen LogP contribution in [0.15, 0.2) is 0 Å². The maximum absolute atomic E-state index is 8.89. The molecule has 9 heteroatoms. The average molecular weight is 191 g/mol. The van der Waals surface area contributed by atoms with Gasteiger partial charge >= 0.3 is 0 Å². The molecule has 0 bridgehead atoms. The zero-order valence-electron chi connectivity index (χ0n) is 3.71. The molecule has 0 spiro atoms. The molecule has 0 aromatic rings. The van der Waals surface area contributed by atoms with E-state index in [2.05, 4.69) is 11.2 Å². The molecule has 0 heterocycles. The highest BCUT2D eigenvalue weighted by atomic mass is 32.9. The number of hydrogen-bond donors (Lipinski definition) is 0. The largest absolute Gasteiger partial charge is 0.780 e. The van der Waals surface area contributed by atoms with Crippen molar-refractivity contribution in [3.8, 4) is 0 Å². The first-order chi connectivity index (χ1) is 3.73. The van der Waals surface area contributed by atoms with Gasteiger partial charge in [0.1, 0.15) is 0 Å². The van der Waals surface area contributed by atoms with Crippen molar-refractivity contribution in [2.75, 3.05) is 0 Å². The molecule has 0 aromatic heterocycles. The van der Waals surface area contributed by atoms with E-state index in [1.165, 1.54) is 0 Å². The first-order valence-corrected chi connectivity index (χ1v) is 4.64. The summed E-state index contributed by atoms with van der Waals surface area (Å²) in [6.45, 7) is 0. The van der Waals surface area contributed by atoms with Gasteiger partial charge in [-0.15, -0.1) is 9.05 Å². The van der Waals surface area contributed by atoms with E-state index in [4.69, 9.17) is 27.7 Å². The van der Waals surface area contributed by atoms with Crippen LogP contribution in [0.25, 0.3) is 0 Å². The summed E-state index contributed by atoms with van der Waals surface area (Å²) in [4.78, 5) is 17.0. The second-order valence-electron chi connectivity index (χ2n) is 0.632. The summed E-state index contributed by atoms with van der Waals surface area (Å²) in [5.41, 5.74) is 0. The van der Waals surface area contributed by atoms with Crippen molar-refractivity contribution < 1.29 is 27.7 Å². The number of hydrogen-bond acceptors (Lipinski definition) is 7. The predicted octanol–water partition coefficient (Wildman–Crippen LogP) is -2.64. The Bertz CT molecular complexity index is 153. The summed E-state index contributed by atoms with van der Waals surface area (Å²) in [6, 6.07) is 0. The summed E-state index contributed by atoms with van der Waals surface area (Å²) in [7, 11) is -7.70. The monoisotopic (exact) mass is 191 g/mol. The van der Waals surface area contributed by atoms with E-state index in [1.54, 1.807) is 0 Å². The van der Waals surface area contributed by atoms with Crippen molar-refractivity contribution in [1.82, 2.24) is 0 Å². The molecule has 9 heavy (non-hydrogen) atoms. The maximum atomic E-state index is 8.89. The minimum absolute atomic E-state index is 3.24. The summed E-state index contributed by atoms with van der Waals surface area (Å²) in [5.74, 6) is 0. The van der Waals surface area contributed by atoms with Crippen LogP contribution in [0.5, 0.6) is 0 Å². The highest BCUT2D eigenvalue weighted by Gasteiger charge is 1.53. The first kappa shape index (κ1) is 12.0. The summed E-state index contributed by atoms with van der Waals surface area (Å²) >= 11 is 3.24. The third-order valence-corrected chi connectivity index (χ3v) is 0. The van der Waals surface area contributed by atoms with Crippen molar-refractivity contribution >= 4 is 28.5 Å². The van der Waals surface area contributed by atoms with Gasteiger partial charge in [-0.1, -0.05) is 4.57 Å². The lowest BCUT2D eigenvalue weighted by atomic mass is 15.8. The molecule has 0 rings (SSSR count). The maximum Gasteiger partial charge on any atom is 0.276 e. The van der Waals surface area contributed by atoms with E-state index in [1.807, 2.05) is 0 Å². The fourth-order valence-electron chi connectivity index (χ4n) is 0. The second-order valence-corrected chi connectivity index (χ2v) is 3.12. The zero-order valence-corrected chi connectivity index (χ0v) is 6.24. The van der Waals surface area contributed by atoms with Crippen molar-refractivity contribution in [3.63, 3.8) is 0 Å².